The van der Waals surface area contributed by atoms with E-state index in [9.17, 15) is 13.2 Å². The molecule has 0 atom stereocenters. The highest BCUT2D eigenvalue weighted by Gasteiger charge is 2.28. The Labute approximate surface area is 194 Å². The first-order valence-corrected chi connectivity index (χ1v) is 12.9. The van der Waals surface area contributed by atoms with E-state index in [4.69, 9.17) is 9.72 Å². The number of hydrogen-bond acceptors (Lipinski definition) is 6. The number of pyridine rings is 1. The second-order valence-electron chi connectivity index (χ2n) is 9.63. The molecule has 1 aromatic carbocycles. The highest BCUT2D eigenvalue weighted by Crippen LogP contribution is 2.31. The summed E-state index contributed by atoms with van der Waals surface area (Å²) >= 11 is 0. The lowest BCUT2D eigenvalue weighted by Crippen LogP contribution is -2.41. The lowest BCUT2D eigenvalue weighted by molar-refractivity contribution is 0.0204. The number of aromatic nitrogens is 3. The number of amides is 1. The van der Waals surface area contributed by atoms with Gasteiger partial charge >= 0.3 is 6.09 Å². The van der Waals surface area contributed by atoms with Gasteiger partial charge in [-0.2, -0.15) is 0 Å². The molecule has 9 heteroatoms. The lowest BCUT2D eigenvalue weighted by atomic mass is 9.93. The molecule has 0 aliphatic carbocycles. The average molecular weight is 471 g/mol. The summed E-state index contributed by atoms with van der Waals surface area (Å²) in [4.78, 5) is 23.8. The first-order valence-electron chi connectivity index (χ1n) is 11.0. The Morgan fingerprint density at radius 3 is 2.33 bits per heavy atom. The summed E-state index contributed by atoms with van der Waals surface area (Å²) in [6.07, 6.45) is 4.38. The number of sulfone groups is 1. The molecule has 2 aromatic heterocycles. The van der Waals surface area contributed by atoms with Crippen LogP contribution < -0.4 is 0 Å². The van der Waals surface area contributed by atoms with Crippen molar-refractivity contribution in [2.24, 2.45) is 7.05 Å². The van der Waals surface area contributed by atoms with Crippen molar-refractivity contribution in [1.82, 2.24) is 19.4 Å². The van der Waals surface area contributed by atoms with Gasteiger partial charge in [-0.15, -0.1) is 0 Å². The van der Waals surface area contributed by atoms with Crippen LogP contribution in [0.4, 0.5) is 4.79 Å². The van der Waals surface area contributed by atoms with E-state index in [0.717, 1.165) is 41.0 Å². The van der Waals surface area contributed by atoms with E-state index in [1.165, 1.54) is 6.26 Å². The van der Waals surface area contributed by atoms with Crippen LogP contribution in [-0.4, -0.2) is 58.9 Å². The molecule has 1 aliphatic rings. The highest BCUT2D eigenvalue weighted by atomic mass is 32.2. The Balaban J connectivity index is 1.53. The van der Waals surface area contributed by atoms with Crippen molar-refractivity contribution < 1.29 is 17.9 Å². The van der Waals surface area contributed by atoms with Gasteiger partial charge < -0.3 is 14.2 Å². The van der Waals surface area contributed by atoms with Crippen LogP contribution in [-0.2, 0) is 21.6 Å². The number of ether oxygens (including phenoxy) is 1. The van der Waals surface area contributed by atoms with Gasteiger partial charge in [0.25, 0.3) is 0 Å². The van der Waals surface area contributed by atoms with E-state index in [0.29, 0.717) is 13.1 Å². The highest BCUT2D eigenvalue weighted by molar-refractivity contribution is 7.90. The Bertz CT molecular complexity index is 1280. The number of carbonyl (C=O) groups excluding carboxylic acids is 1. The minimum atomic E-state index is -3.24. The van der Waals surface area contributed by atoms with Crippen LogP contribution in [0.1, 0.15) is 45.2 Å². The van der Waals surface area contributed by atoms with Crippen LogP contribution in [0, 0.1) is 0 Å². The van der Waals surface area contributed by atoms with Gasteiger partial charge in [-0.25, -0.2) is 18.2 Å². The van der Waals surface area contributed by atoms with Gasteiger partial charge in [0.2, 0.25) is 0 Å². The Morgan fingerprint density at radius 1 is 1.12 bits per heavy atom. The molecule has 0 saturated carbocycles. The Morgan fingerprint density at radius 2 is 1.76 bits per heavy atom. The maximum Gasteiger partial charge on any atom is 0.410 e. The smallest absolute Gasteiger partial charge is 0.410 e. The molecule has 176 valence electrons. The second-order valence-corrected chi connectivity index (χ2v) is 11.6. The topological polar surface area (TPSA) is 94.4 Å². The summed E-state index contributed by atoms with van der Waals surface area (Å²) in [5.41, 5.74) is 3.09. The molecule has 4 rings (SSSR count). The van der Waals surface area contributed by atoms with Crippen molar-refractivity contribution in [3.63, 3.8) is 0 Å². The molecule has 0 N–H and O–H groups in total. The number of imidazole rings is 1. The fraction of sp³-hybridized carbons (Fsp3) is 0.458. The molecule has 3 aromatic rings. The quantitative estimate of drug-likeness (QED) is 0.571. The molecule has 0 bridgehead atoms. The fourth-order valence-corrected chi connectivity index (χ4v) is 4.76. The first-order chi connectivity index (χ1) is 15.4. The number of rotatable bonds is 3. The summed E-state index contributed by atoms with van der Waals surface area (Å²) in [6, 6.07) is 8.83. The Hall–Kier alpha value is -2.94. The molecule has 8 nitrogen and oxygen atoms in total. The van der Waals surface area contributed by atoms with E-state index in [-0.39, 0.29) is 16.9 Å². The van der Waals surface area contributed by atoms with Crippen LogP contribution in [0.2, 0.25) is 0 Å². The standard InChI is InChI=1S/C24H30N4O4S/c1-24(2,3)32-23(29)28-12-10-16(11-13-28)19-14-21-20(15-25-19)26-22(27(21)4)17-6-8-18(9-7-17)33(5,30)31/h6-9,14-16H,10-13H2,1-5H3. The van der Waals surface area contributed by atoms with Gasteiger partial charge in [-0.05, 0) is 63.9 Å². The van der Waals surface area contributed by atoms with Crippen molar-refractivity contribution in [3.8, 4) is 11.4 Å². The van der Waals surface area contributed by atoms with Gasteiger partial charge in [0.05, 0.1) is 16.6 Å². The molecule has 0 spiro atoms. The zero-order valence-corrected chi connectivity index (χ0v) is 20.5. The molecule has 1 aliphatic heterocycles. The average Bonchev–Trinajstić information content (AvgIpc) is 3.08. The lowest BCUT2D eigenvalue weighted by Gasteiger charge is -2.33. The van der Waals surface area contributed by atoms with E-state index in [1.54, 1.807) is 35.4 Å². The van der Waals surface area contributed by atoms with Gasteiger partial charge in [-0.3, -0.25) is 4.98 Å². The van der Waals surface area contributed by atoms with Gasteiger partial charge in [0, 0.05) is 43.6 Å². The number of fused-ring (bicyclic) bond motifs is 1. The molecule has 0 unspecified atom stereocenters. The number of nitrogens with zero attached hydrogens (tertiary/aromatic N) is 4. The normalized spacial score (nSPS) is 15.7. The summed E-state index contributed by atoms with van der Waals surface area (Å²) in [5.74, 6) is 1.02. The molecule has 0 radical (unpaired) electrons. The molecule has 1 saturated heterocycles. The summed E-state index contributed by atoms with van der Waals surface area (Å²) in [5, 5.41) is 0. The molecular formula is C24H30N4O4S. The molecular weight excluding hydrogens is 440 g/mol. The van der Waals surface area contributed by atoms with E-state index < -0.39 is 15.4 Å². The van der Waals surface area contributed by atoms with Crippen molar-refractivity contribution >= 4 is 27.0 Å². The fourth-order valence-electron chi connectivity index (χ4n) is 4.13. The van der Waals surface area contributed by atoms with Crippen LogP contribution in [0.3, 0.4) is 0 Å². The Kier molecular flexibility index (Phi) is 5.94. The van der Waals surface area contributed by atoms with Gasteiger partial charge in [0.1, 0.15) is 16.9 Å². The zero-order valence-electron chi connectivity index (χ0n) is 19.7. The number of piperidine rings is 1. The number of aryl methyl sites for hydroxylation is 1. The van der Waals surface area contributed by atoms with Crippen LogP contribution in [0.25, 0.3) is 22.4 Å². The number of benzene rings is 1. The van der Waals surface area contributed by atoms with Gasteiger partial charge in [0.15, 0.2) is 9.84 Å². The minimum absolute atomic E-state index is 0.262. The summed E-state index contributed by atoms with van der Waals surface area (Å²) in [6.45, 7) is 6.90. The third-order valence-electron chi connectivity index (χ3n) is 5.89. The van der Waals surface area contributed by atoms with E-state index in [1.807, 2.05) is 32.4 Å². The maximum atomic E-state index is 12.3. The van der Waals surface area contributed by atoms with Crippen LogP contribution in [0.15, 0.2) is 41.4 Å². The number of hydrogen-bond donors (Lipinski definition) is 0. The molecule has 1 fully saturated rings. The van der Waals surface area contributed by atoms with Crippen LogP contribution >= 0.6 is 0 Å². The second kappa shape index (κ2) is 8.44. The predicted octanol–water partition coefficient (Wildman–Crippen LogP) is 4.15. The minimum Gasteiger partial charge on any atom is -0.444 e. The molecule has 33 heavy (non-hydrogen) atoms. The third-order valence-corrected chi connectivity index (χ3v) is 7.02. The summed E-state index contributed by atoms with van der Waals surface area (Å²) < 4.78 is 31.0. The number of carbonyl (C=O) groups is 1. The molecule has 3 heterocycles. The van der Waals surface area contributed by atoms with Gasteiger partial charge in [-0.1, -0.05) is 0 Å². The van der Waals surface area contributed by atoms with Crippen molar-refractivity contribution in [3.05, 3.63) is 42.2 Å². The SMILES string of the molecule is Cn1c(-c2ccc(S(C)(=O)=O)cc2)nc2cnc(C3CCN(C(=O)OC(C)(C)C)CC3)cc21. The zero-order chi connectivity index (χ0) is 24.0. The third kappa shape index (κ3) is 5.03. The largest absolute Gasteiger partial charge is 0.444 e. The van der Waals surface area contributed by atoms with Crippen molar-refractivity contribution in [1.29, 1.82) is 0 Å². The first kappa shape index (κ1) is 23.2. The van der Waals surface area contributed by atoms with Crippen molar-refractivity contribution in [2.45, 2.75) is 50.0 Å². The van der Waals surface area contributed by atoms with E-state index >= 15 is 0 Å². The number of likely N-dealkylation sites (tertiary alicyclic amines) is 1. The summed E-state index contributed by atoms with van der Waals surface area (Å²) in [7, 11) is -1.29. The van der Waals surface area contributed by atoms with E-state index in [2.05, 4.69) is 11.1 Å². The monoisotopic (exact) mass is 470 g/mol. The van der Waals surface area contributed by atoms with Crippen LogP contribution in [0.5, 0.6) is 0 Å². The van der Waals surface area contributed by atoms with Crippen molar-refractivity contribution in [2.75, 3.05) is 19.3 Å². The predicted molar refractivity (Wildman–Crippen MR) is 127 cm³/mol. The molecule has 1 amide bonds. The maximum absolute atomic E-state index is 12.3.